The Kier molecular flexibility index (Phi) is 5.56. The third kappa shape index (κ3) is 3.06. The molecule has 17 heavy (non-hydrogen) atoms. The first kappa shape index (κ1) is 14.6. The van der Waals surface area contributed by atoms with Crippen LogP contribution in [0.4, 0.5) is 0 Å². The van der Waals surface area contributed by atoms with E-state index in [0.717, 1.165) is 36.6 Å². The SMILES string of the molecule is CCOC(CC)(CC)c1nc(C(N)CC)cs1. The van der Waals surface area contributed by atoms with E-state index >= 15 is 0 Å². The first-order valence-corrected chi connectivity index (χ1v) is 7.36. The molecule has 2 N–H and O–H groups in total. The van der Waals surface area contributed by atoms with E-state index in [1.807, 2.05) is 6.92 Å². The number of hydrogen-bond donors (Lipinski definition) is 1. The van der Waals surface area contributed by atoms with Crippen LogP contribution in [0.25, 0.3) is 0 Å². The third-order valence-corrected chi connectivity index (χ3v) is 4.34. The molecule has 0 spiro atoms. The van der Waals surface area contributed by atoms with E-state index in [2.05, 4.69) is 31.1 Å². The first-order chi connectivity index (χ1) is 8.13. The normalized spacial score (nSPS) is 13.9. The number of hydrogen-bond acceptors (Lipinski definition) is 4. The summed E-state index contributed by atoms with van der Waals surface area (Å²) in [6, 6.07) is 0.0491. The summed E-state index contributed by atoms with van der Waals surface area (Å²) in [5.41, 5.74) is 6.79. The van der Waals surface area contributed by atoms with E-state index in [1.165, 1.54) is 0 Å². The smallest absolute Gasteiger partial charge is 0.125 e. The molecule has 0 bridgehead atoms. The van der Waals surface area contributed by atoms with E-state index in [9.17, 15) is 0 Å². The molecule has 0 aliphatic heterocycles. The van der Waals surface area contributed by atoms with Gasteiger partial charge in [0.05, 0.1) is 5.69 Å². The Balaban J connectivity index is 2.99. The topological polar surface area (TPSA) is 48.1 Å². The lowest BCUT2D eigenvalue weighted by Gasteiger charge is -2.29. The summed E-state index contributed by atoms with van der Waals surface area (Å²) >= 11 is 1.67. The van der Waals surface area contributed by atoms with Gasteiger partial charge in [0.1, 0.15) is 10.6 Å². The van der Waals surface area contributed by atoms with Crippen LogP contribution in [0, 0.1) is 0 Å². The van der Waals surface area contributed by atoms with Crippen LogP contribution >= 0.6 is 11.3 Å². The van der Waals surface area contributed by atoms with E-state index in [4.69, 9.17) is 10.5 Å². The quantitative estimate of drug-likeness (QED) is 0.810. The maximum atomic E-state index is 6.01. The minimum absolute atomic E-state index is 0.0491. The van der Waals surface area contributed by atoms with Gasteiger partial charge in [0.15, 0.2) is 0 Å². The van der Waals surface area contributed by atoms with Crippen molar-refractivity contribution in [1.82, 2.24) is 4.98 Å². The maximum Gasteiger partial charge on any atom is 0.125 e. The summed E-state index contributed by atoms with van der Waals surface area (Å²) in [4.78, 5) is 4.68. The molecule has 1 aromatic heterocycles. The van der Waals surface area contributed by atoms with Gasteiger partial charge in [-0.1, -0.05) is 20.8 Å². The van der Waals surface area contributed by atoms with Crippen LogP contribution < -0.4 is 5.73 Å². The van der Waals surface area contributed by atoms with Crippen molar-refractivity contribution in [3.63, 3.8) is 0 Å². The second-order valence-corrected chi connectivity index (χ2v) is 5.08. The molecule has 0 fully saturated rings. The molecule has 1 aromatic rings. The largest absolute Gasteiger partial charge is 0.368 e. The highest BCUT2D eigenvalue weighted by atomic mass is 32.1. The van der Waals surface area contributed by atoms with Crippen LogP contribution in [0.5, 0.6) is 0 Å². The van der Waals surface area contributed by atoms with Crippen LogP contribution in [0.3, 0.4) is 0 Å². The maximum absolute atomic E-state index is 6.01. The highest BCUT2D eigenvalue weighted by Gasteiger charge is 2.32. The van der Waals surface area contributed by atoms with Crippen molar-refractivity contribution in [2.45, 2.75) is 58.6 Å². The molecular weight excluding hydrogens is 232 g/mol. The molecule has 98 valence electrons. The average molecular weight is 256 g/mol. The van der Waals surface area contributed by atoms with Gasteiger partial charge in [-0.3, -0.25) is 0 Å². The van der Waals surface area contributed by atoms with Gasteiger partial charge in [-0.05, 0) is 26.2 Å². The van der Waals surface area contributed by atoms with Gasteiger partial charge in [-0.15, -0.1) is 11.3 Å². The first-order valence-electron chi connectivity index (χ1n) is 6.48. The monoisotopic (exact) mass is 256 g/mol. The van der Waals surface area contributed by atoms with Gasteiger partial charge >= 0.3 is 0 Å². The fourth-order valence-corrected chi connectivity index (χ4v) is 3.15. The minimum atomic E-state index is -0.217. The molecule has 0 saturated carbocycles. The predicted molar refractivity (Wildman–Crippen MR) is 73.2 cm³/mol. The molecule has 0 aromatic carbocycles. The highest BCUT2D eigenvalue weighted by molar-refractivity contribution is 7.09. The standard InChI is InChI=1S/C13H24N2OS/c1-5-10(14)11-9-17-12(15-11)13(6-2,7-3)16-8-4/h9-10H,5-8,14H2,1-4H3. The van der Waals surface area contributed by atoms with Crippen LogP contribution in [0.2, 0.25) is 0 Å². The molecule has 0 aliphatic rings. The molecule has 1 unspecified atom stereocenters. The lowest BCUT2D eigenvalue weighted by molar-refractivity contribution is -0.0507. The fourth-order valence-electron chi connectivity index (χ4n) is 1.97. The molecule has 1 rings (SSSR count). The van der Waals surface area contributed by atoms with Gasteiger partial charge in [0, 0.05) is 18.0 Å². The van der Waals surface area contributed by atoms with Crippen molar-refractivity contribution in [3.05, 3.63) is 16.1 Å². The fraction of sp³-hybridized carbons (Fsp3) is 0.769. The molecule has 0 amide bonds. The average Bonchev–Trinajstić information content (AvgIpc) is 2.85. The van der Waals surface area contributed by atoms with Gasteiger partial charge in [0.2, 0.25) is 0 Å². The Labute approximate surface area is 108 Å². The Morgan fingerprint density at radius 2 is 2.00 bits per heavy atom. The number of rotatable bonds is 7. The predicted octanol–water partition coefficient (Wildman–Crippen LogP) is 3.60. The summed E-state index contributed by atoms with van der Waals surface area (Å²) in [5.74, 6) is 0. The van der Waals surface area contributed by atoms with Gasteiger partial charge in [-0.25, -0.2) is 4.98 Å². The number of nitrogens with two attached hydrogens (primary N) is 1. The molecule has 1 atom stereocenters. The summed E-state index contributed by atoms with van der Waals surface area (Å²) in [5, 5.41) is 3.14. The molecule has 0 saturated heterocycles. The second kappa shape index (κ2) is 6.47. The highest BCUT2D eigenvalue weighted by Crippen LogP contribution is 2.35. The summed E-state index contributed by atoms with van der Waals surface area (Å²) in [6.45, 7) is 9.14. The van der Waals surface area contributed by atoms with Crippen LogP contribution in [0.15, 0.2) is 5.38 Å². The lowest BCUT2D eigenvalue weighted by atomic mass is 9.98. The Morgan fingerprint density at radius 3 is 2.47 bits per heavy atom. The Hall–Kier alpha value is -0.450. The van der Waals surface area contributed by atoms with Crippen LogP contribution in [0.1, 0.15) is 63.7 Å². The van der Waals surface area contributed by atoms with Crippen molar-refractivity contribution in [2.75, 3.05) is 6.61 Å². The van der Waals surface area contributed by atoms with Crippen molar-refractivity contribution in [1.29, 1.82) is 0 Å². The lowest BCUT2D eigenvalue weighted by Crippen LogP contribution is -2.28. The molecule has 1 heterocycles. The molecule has 3 nitrogen and oxygen atoms in total. The number of thiazole rings is 1. The zero-order valence-corrected chi connectivity index (χ0v) is 12.1. The van der Waals surface area contributed by atoms with Gasteiger partial charge < -0.3 is 10.5 Å². The molecule has 0 radical (unpaired) electrons. The van der Waals surface area contributed by atoms with Crippen molar-refractivity contribution in [3.8, 4) is 0 Å². The van der Waals surface area contributed by atoms with E-state index in [-0.39, 0.29) is 11.6 Å². The van der Waals surface area contributed by atoms with Gasteiger partial charge in [0.25, 0.3) is 0 Å². The van der Waals surface area contributed by atoms with E-state index in [0.29, 0.717) is 0 Å². The zero-order valence-electron chi connectivity index (χ0n) is 11.3. The molecule has 4 heteroatoms. The summed E-state index contributed by atoms with van der Waals surface area (Å²) < 4.78 is 5.95. The van der Waals surface area contributed by atoms with Crippen LogP contribution in [-0.2, 0) is 10.3 Å². The second-order valence-electron chi connectivity index (χ2n) is 4.23. The molecular formula is C13H24N2OS. The Bertz CT molecular complexity index is 334. The Morgan fingerprint density at radius 1 is 1.35 bits per heavy atom. The minimum Gasteiger partial charge on any atom is -0.368 e. The number of ether oxygens (including phenoxy) is 1. The van der Waals surface area contributed by atoms with E-state index in [1.54, 1.807) is 11.3 Å². The molecule has 0 aliphatic carbocycles. The van der Waals surface area contributed by atoms with Crippen molar-refractivity contribution >= 4 is 11.3 Å². The number of nitrogens with zero attached hydrogens (tertiary/aromatic N) is 1. The van der Waals surface area contributed by atoms with E-state index < -0.39 is 0 Å². The van der Waals surface area contributed by atoms with Crippen molar-refractivity contribution < 1.29 is 4.74 Å². The third-order valence-electron chi connectivity index (χ3n) is 3.29. The zero-order chi connectivity index (χ0) is 12.9. The van der Waals surface area contributed by atoms with Gasteiger partial charge in [-0.2, -0.15) is 0 Å². The summed E-state index contributed by atoms with van der Waals surface area (Å²) in [6.07, 6.45) is 2.82. The summed E-state index contributed by atoms with van der Waals surface area (Å²) in [7, 11) is 0. The number of aromatic nitrogens is 1. The van der Waals surface area contributed by atoms with Crippen molar-refractivity contribution in [2.24, 2.45) is 5.73 Å². The van der Waals surface area contributed by atoms with Crippen LogP contribution in [-0.4, -0.2) is 11.6 Å².